The van der Waals surface area contributed by atoms with Crippen LogP contribution in [0.25, 0.3) is 11.1 Å². The third kappa shape index (κ3) is 3.94. The van der Waals surface area contributed by atoms with E-state index < -0.39 is 5.76 Å². The van der Waals surface area contributed by atoms with Crippen LogP contribution in [0.4, 0.5) is 5.69 Å². The molecule has 0 aliphatic carbocycles. The van der Waals surface area contributed by atoms with Gasteiger partial charge in [-0.2, -0.15) is 0 Å². The second-order valence-electron chi connectivity index (χ2n) is 5.55. The number of aromatic nitrogens is 1. The van der Waals surface area contributed by atoms with E-state index in [0.29, 0.717) is 33.1 Å². The van der Waals surface area contributed by atoms with Crippen LogP contribution in [-0.4, -0.2) is 23.8 Å². The second kappa shape index (κ2) is 7.45. The number of aromatic amines is 1. The Bertz CT molecular complexity index is 1040. The van der Waals surface area contributed by atoms with E-state index in [-0.39, 0.29) is 24.5 Å². The molecule has 3 rings (SSSR count). The zero-order valence-electron chi connectivity index (χ0n) is 13.8. The maximum absolute atomic E-state index is 12.2. The average Bonchev–Trinajstić information content (AvgIpc) is 2.99. The number of halogens is 1. The molecule has 0 bridgehead atoms. The van der Waals surface area contributed by atoms with Crippen molar-refractivity contribution in [2.24, 2.45) is 0 Å². The molecule has 2 aromatic carbocycles. The molecule has 0 spiro atoms. The van der Waals surface area contributed by atoms with Crippen molar-refractivity contribution in [3.63, 3.8) is 0 Å². The molecule has 0 fully saturated rings. The highest BCUT2D eigenvalue weighted by Gasteiger charge is 2.12. The van der Waals surface area contributed by atoms with Gasteiger partial charge in [0.05, 0.1) is 17.6 Å². The number of fused-ring (bicyclic) bond motifs is 1. The van der Waals surface area contributed by atoms with Crippen LogP contribution in [0.5, 0.6) is 5.75 Å². The first-order valence-electron chi connectivity index (χ1n) is 7.76. The van der Waals surface area contributed by atoms with Crippen LogP contribution in [-0.2, 0) is 4.79 Å². The molecule has 1 heterocycles. The van der Waals surface area contributed by atoms with Crippen molar-refractivity contribution in [1.82, 2.24) is 4.98 Å². The highest BCUT2D eigenvalue weighted by atomic mass is 35.5. The first-order valence-corrected chi connectivity index (χ1v) is 8.13. The van der Waals surface area contributed by atoms with E-state index in [4.69, 9.17) is 20.8 Å². The fraction of sp³-hybridized carbons (Fsp3) is 0.167. The number of oxazole rings is 1. The number of rotatable bonds is 6. The minimum absolute atomic E-state index is 0.0115. The minimum atomic E-state index is -0.581. The summed E-state index contributed by atoms with van der Waals surface area (Å²) in [5.41, 5.74) is 1.71. The van der Waals surface area contributed by atoms with Crippen molar-refractivity contribution < 1.29 is 18.7 Å². The Hall–Kier alpha value is -3.06. The normalized spacial score (nSPS) is 10.7. The summed E-state index contributed by atoms with van der Waals surface area (Å²) in [6.07, 6.45) is 0.0352. The van der Waals surface area contributed by atoms with E-state index in [9.17, 15) is 14.4 Å². The summed E-state index contributed by atoms with van der Waals surface area (Å²) in [5.74, 6) is -0.610. The van der Waals surface area contributed by atoms with E-state index in [1.165, 1.54) is 13.2 Å². The molecule has 134 valence electrons. The van der Waals surface area contributed by atoms with Crippen LogP contribution in [0.2, 0.25) is 5.02 Å². The summed E-state index contributed by atoms with van der Waals surface area (Å²) in [6, 6.07) is 9.53. The van der Waals surface area contributed by atoms with E-state index in [0.717, 1.165) is 0 Å². The Morgan fingerprint density at radius 1 is 1.19 bits per heavy atom. The number of methoxy groups -OCH3 is 1. The van der Waals surface area contributed by atoms with E-state index in [2.05, 4.69) is 10.3 Å². The monoisotopic (exact) mass is 374 g/mol. The number of ketones is 1. The zero-order chi connectivity index (χ0) is 18.7. The maximum atomic E-state index is 12.2. The van der Waals surface area contributed by atoms with Gasteiger partial charge in [-0.05, 0) is 36.4 Å². The number of carbonyl (C=O) groups is 2. The molecule has 0 saturated heterocycles. The first-order chi connectivity index (χ1) is 12.5. The van der Waals surface area contributed by atoms with Gasteiger partial charge in [0.1, 0.15) is 5.75 Å². The summed E-state index contributed by atoms with van der Waals surface area (Å²) < 4.78 is 9.97. The first kappa shape index (κ1) is 17.8. The van der Waals surface area contributed by atoms with Gasteiger partial charge in [0, 0.05) is 24.1 Å². The van der Waals surface area contributed by atoms with Crippen LogP contribution in [0.15, 0.2) is 45.6 Å². The van der Waals surface area contributed by atoms with Crippen molar-refractivity contribution in [3.05, 3.63) is 57.5 Å². The van der Waals surface area contributed by atoms with E-state index >= 15 is 0 Å². The number of Topliss-reactive ketones (excluding diaryl/α,β-unsaturated/α-hetero) is 1. The number of hydrogen-bond donors (Lipinski definition) is 2. The van der Waals surface area contributed by atoms with Crippen molar-refractivity contribution in [2.45, 2.75) is 12.8 Å². The van der Waals surface area contributed by atoms with Crippen molar-refractivity contribution >= 4 is 40.1 Å². The SMILES string of the molecule is COc1ccc(NC(=O)CCC(=O)c2ccc3[nH]c(=O)oc3c2)cc1Cl. The van der Waals surface area contributed by atoms with E-state index in [1.54, 1.807) is 30.3 Å². The molecule has 0 saturated carbocycles. The number of benzene rings is 2. The molecule has 2 N–H and O–H groups in total. The summed E-state index contributed by atoms with van der Waals surface area (Å²) in [7, 11) is 1.50. The largest absolute Gasteiger partial charge is 0.495 e. The number of hydrogen-bond acceptors (Lipinski definition) is 5. The van der Waals surface area contributed by atoms with Crippen LogP contribution >= 0.6 is 11.6 Å². The van der Waals surface area contributed by atoms with Crippen LogP contribution in [0, 0.1) is 0 Å². The van der Waals surface area contributed by atoms with E-state index in [1.807, 2.05) is 0 Å². The van der Waals surface area contributed by atoms with Gasteiger partial charge in [0.25, 0.3) is 0 Å². The maximum Gasteiger partial charge on any atom is 0.417 e. The molecule has 1 aromatic heterocycles. The zero-order valence-corrected chi connectivity index (χ0v) is 14.6. The summed E-state index contributed by atoms with van der Waals surface area (Å²) in [6.45, 7) is 0. The fourth-order valence-corrected chi connectivity index (χ4v) is 2.72. The molecule has 7 nitrogen and oxygen atoms in total. The lowest BCUT2D eigenvalue weighted by atomic mass is 10.1. The van der Waals surface area contributed by atoms with Crippen molar-refractivity contribution in [3.8, 4) is 5.75 Å². The Morgan fingerprint density at radius 2 is 2.00 bits per heavy atom. The minimum Gasteiger partial charge on any atom is -0.495 e. The molecule has 8 heteroatoms. The van der Waals surface area contributed by atoms with Crippen LogP contribution in [0.3, 0.4) is 0 Å². The second-order valence-corrected chi connectivity index (χ2v) is 5.95. The third-order valence-electron chi connectivity index (χ3n) is 3.76. The average molecular weight is 375 g/mol. The molecule has 0 unspecified atom stereocenters. The van der Waals surface area contributed by atoms with Crippen LogP contribution < -0.4 is 15.8 Å². The Labute approximate surface area is 152 Å². The predicted molar refractivity (Wildman–Crippen MR) is 97.0 cm³/mol. The smallest absolute Gasteiger partial charge is 0.417 e. The van der Waals surface area contributed by atoms with Crippen molar-refractivity contribution in [2.75, 3.05) is 12.4 Å². The topological polar surface area (TPSA) is 101 Å². The molecule has 3 aromatic rings. The lowest BCUT2D eigenvalue weighted by molar-refractivity contribution is -0.116. The third-order valence-corrected chi connectivity index (χ3v) is 4.05. The number of carbonyl (C=O) groups excluding carboxylic acids is 2. The number of amides is 1. The lowest BCUT2D eigenvalue weighted by Crippen LogP contribution is -2.13. The molecule has 0 radical (unpaired) electrons. The molecule has 1 amide bonds. The molecular weight excluding hydrogens is 360 g/mol. The highest BCUT2D eigenvalue weighted by molar-refractivity contribution is 6.32. The van der Waals surface area contributed by atoms with Gasteiger partial charge < -0.3 is 14.5 Å². The highest BCUT2D eigenvalue weighted by Crippen LogP contribution is 2.27. The number of H-pyrrole nitrogens is 1. The molecule has 26 heavy (non-hydrogen) atoms. The van der Waals surface area contributed by atoms with Crippen LogP contribution in [0.1, 0.15) is 23.2 Å². The van der Waals surface area contributed by atoms with Gasteiger partial charge in [0.15, 0.2) is 11.4 Å². The predicted octanol–water partition coefficient (Wildman–Crippen LogP) is 3.38. The lowest BCUT2D eigenvalue weighted by Gasteiger charge is -2.08. The summed E-state index contributed by atoms with van der Waals surface area (Å²) >= 11 is 6.01. The van der Waals surface area contributed by atoms with Gasteiger partial charge in [-0.25, -0.2) is 4.79 Å². The number of nitrogens with one attached hydrogen (secondary N) is 2. The Kier molecular flexibility index (Phi) is 5.09. The quantitative estimate of drug-likeness (QED) is 0.644. The molecule has 0 aliphatic rings. The van der Waals surface area contributed by atoms with Crippen molar-refractivity contribution in [1.29, 1.82) is 0 Å². The summed E-state index contributed by atoms with van der Waals surface area (Å²) in [5, 5.41) is 3.06. The fourth-order valence-electron chi connectivity index (χ4n) is 2.46. The Morgan fingerprint density at radius 3 is 2.73 bits per heavy atom. The van der Waals surface area contributed by atoms with Gasteiger partial charge in [0.2, 0.25) is 5.91 Å². The molecule has 0 aliphatic heterocycles. The summed E-state index contributed by atoms with van der Waals surface area (Å²) in [4.78, 5) is 37.9. The van der Waals surface area contributed by atoms with Gasteiger partial charge in [-0.3, -0.25) is 14.6 Å². The van der Waals surface area contributed by atoms with Gasteiger partial charge in [-0.15, -0.1) is 0 Å². The molecular formula is C18H15ClN2O5. The van der Waals surface area contributed by atoms with Gasteiger partial charge in [-0.1, -0.05) is 11.6 Å². The standard InChI is InChI=1S/C18H15ClN2O5/c1-25-15-6-3-11(9-12(15)19)20-17(23)7-5-14(22)10-2-4-13-16(8-10)26-18(24)21-13/h2-4,6,8-9H,5,7H2,1H3,(H,20,23)(H,21,24). The number of ether oxygens (including phenoxy) is 1. The molecule has 0 atom stereocenters. The van der Waals surface area contributed by atoms with Gasteiger partial charge >= 0.3 is 5.76 Å². The number of anilines is 1. The Balaban J connectivity index is 1.60.